The van der Waals surface area contributed by atoms with Crippen molar-refractivity contribution in [1.82, 2.24) is 9.78 Å². The van der Waals surface area contributed by atoms with Crippen LogP contribution in [0.4, 0.5) is 13.2 Å². The first kappa shape index (κ1) is 17.7. The summed E-state index contributed by atoms with van der Waals surface area (Å²) >= 11 is 0. The first-order valence-electron chi connectivity index (χ1n) is 7.53. The van der Waals surface area contributed by atoms with E-state index in [0.717, 1.165) is 27.6 Å². The Bertz CT molecular complexity index is 1120. The number of hydrogen-bond donors (Lipinski definition) is 1. The molecule has 0 unspecified atom stereocenters. The van der Waals surface area contributed by atoms with E-state index in [-0.39, 0.29) is 17.0 Å². The van der Waals surface area contributed by atoms with E-state index in [1.54, 1.807) is 11.6 Å². The van der Waals surface area contributed by atoms with Crippen molar-refractivity contribution in [1.29, 1.82) is 0 Å². The fourth-order valence-corrected chi connectivity index (χ4v) is 3.00. The maximum Gasteiger partial charge on any atom is 0.416 e. The van der Waals surface area contributed by atoms with Gasteiger partial charge in [0, 0.05) is 10.8 Å². The van der Waals surface area contributed by atoms with E-state index in [0.29, 0.717) is 11.0 Å². The lowest BCUT2D eigenvalue weighted by Crippen LogP contribution is -2.27. The average Bonchev–Trinajstić information content (AvgIpc) is 2.93. The Morgan fingerprint density at radius 1 is 1.08 bits per heavy atom. The van der Waals surface area contributed by atoms with Crippen molar-refractivity contribution in [3.63, 3.8) is 0 Å². The lowest BCUT2D eigenvalue weighted by atomic mass is 10.1. The summed E-state index contributed by atoms with van der Waals surface area (Å²) in [5.41, 5.74) is 0.331. The van der Waals surface area contributed by atoms with Crippen LogP contribution in [0, 0.1) is 0 Å². The van der Waals surface area contributed by atoms with Crippen LogP contribution in [0.2, 0.25) is 0 Å². The minimum atomic E-state index is -4.46. The smallest absolute Gasteiger partial charge is 0.416 e. The number of benzene rings is 2. The number of rotatable bonds is 1. The van der Waals surface area contributed by atoms with Gasteiger partial charge in [-0.3, -0.25) is 0 Å². The summed E-state index contributed by atoms with van der Waals surface area (Å²) in [4.78, 5) is 0. The summed E-state index contributed by atoms with van der Waals surface area (Å²) in [7, 11) is 1.76. The van der Waals surface area contributed by atoms with E-state index in [1.165, 1.54) is 12.1 Å². The predicted molar refractivity (Wildman–Crippen MR) is 88.4 cm³/mol. The Kier molecular flexibility index (Phi) is 4.08. The molecule has 26 heavy (non-hydrogen) atoms. The Hall–Kier alpha value is -3.13. The number of aromatic nitrogens is 3. The van der Waals surface area contributed by atoms with Crippen LogP contribution in [0.15, 0.2) is 54.7 Å². The van der Waals surface area contributed by atoms with Gasteiger partial charge in [-0.2, -0.15) is 27.5 Å². The number of hydrogen-bond acceptors (Lipinski definition) is 3. The van der Waals surface area contributed by atoms with Gasteiger partial charge in [0.1, 0.15) is 7.05 Å². The van der Waals surface area contributed by atoms with Gasteiger partial charge in [-0.1, -0.05) is 24.3 Å². The third-order valence-corrected chi connectivity index (χ3v) is 4.16. The van der Waals surface area contributed by atoms with Crippen molar-refractivity contribution >= 4 is 21.8 Å². The highest BCUT2D eigenvalue weighted by Gasteiger charge is 2.31. The van der Waals surface area contributed by atoms with Crippen molar-refractivity contribution in [3.8, 4) is 11.6 Å². The molecule has 134 valence electrons. The zero-order chi connectivity index (χ0) is 17.8. The molecule has 2 aromatic carbocycles. The van der Waals surface area contributed by atoms with Gasteiger partial charge in [-0.25, -0.2) is 0 Å². The highest BCUT2D eigenvalue weighted by Crippen LogP contribution is 2.33. The summed E-state index contributed by atoms with van der Waals surface area (Å²) < 4.78 is 41.7. The zero-order valence-electron chi connectivity index (χ0n) is 13.6. The molecule has 0 fully saturated rings. The van der Waals surface area contributed by atoms with Crippen LogP contribution in [0.1, 0.15) is 5.56 Å². The fourth-order valence-electron chi connectivity index (χ4n) is 3.00. The van der Waals surface area contributed by atoms with E-state index in [1.807, 2.05) is 30.5 Å². The average molecular weight is 361 g/mol. The number of halogens is 3. The second kappa shape index (κ2) is 5.99. The molecule has 2 aromatic heterocycles. The van der Waals surface area contributed by atoms with Crippen LogP contribution in [0.25, 0.3) is 27.5 Å². The standard InChI is InChI=1S/C18H12F3N3O.H2O/c1-23-10-11-5-2-3-8-14(11)15-16(23)17(25)24(22-15)13-7-4-6-12(9-13)18(19,20)21;/h2-10H,1H3;1H2. The summed E-state index contributed by atoms with van der Waals surface area (Å²) in [5, 5.41) is 16.7. The zero-order valence-corrected chi connectivity index (χ0v) is 13.6. The molecular weight excluding hydrogens is 347 g/mol. The molecule has 8 heteroatoms. The number of alkyl halides is 3. The lowest BCUT2D eigenvalue weighted by molar-refractivity contribution is -0.643. The van der Waals surface area contributed by atoms with E-state index < -0.39 is 11.7 Å². The molecule has 0 saturated heterocycles. The van der Waals surface area contributed by atoms with Gasteiger partial charge in [0.15, 0.2) is 11.7 Å². The van der Waals surface area contributed by atoms with Crippen LogP contribution < -0.4 is 4.57 Å². The number of nitrogens with zero attached hydrogens (tertiary/aromatic N) is 3. The van der Waals surface area contributed by atoms with E-state index >= 15 is 0 Å². The minimum Gasteiger partial charge on any atom is -0.870 e. The molecular formula is C18H14F3N3O2. The molecule has 2 heterocycles. The number of aromatic hydroxyl groups is 1. The summed E-state index contributed by atoms with van der Waals surface area (Å²) in [6.07, 6.45) is -2.62. The topological polar surface area (TPSA) is 71.9 Å². The van der Waals surface area contributed by atoms with Gasteiger partial charge < -0.3 is 10.6 Å². The molecule has 4 aromatic rings. The Labute approximate surface area is 145 Å². The molecule has 4 rings (SSSR count). The maximum atomic E-state index is 13.0. The number of fused-ring (bicyclic) bond motifs is 3. The molecule has 0 aliphatic heterocycles. The summed E-state index contributed by atoms with van der Waals surface area (Å²) in [6, 6.07) is 12.2. The van der Waals surface area contributed by atoms with Gasteiger partial charge in [-0.15, -0.1) is 0 Å². The Morgan fingerprint density at radius 3 is 2.54 bits per heavy atom. The second-order valence-electron chi connectivity index (χ2n) is 5.81. The highest BCUT2D eigenvalue weighted by atomic mass is 19.4. The molecule has 0 saturated carbocycles. The quantitative estimate of drug-likeness (QED) is 0.527. The van der Waals surface area contributed by atoms with E-state index in [9.17, 15) is 18.3 Å². The molecule has 0 bridgehead atoms. The van der Waals surface area contributed by atoms with E-state index in [2.05, 4.69) is 5.10 Å². The fraction of sp³-hybridized carbons (Fsp3) is 0.111. The minimum absolute atomic E-state index is 0. The van der Waals surface area contributed by atoms with Crippen molar-refractivity contribution in [3.05, 3.63) is 60.3 Å². The molecule has 0 amide bonds. The first-order valence-corrected chi connectivity index (χ1v) is 7.53. The van der Waals surface area contributed by atoms with Crippen LogP contribution in [0.5, 0.6) is 5.88 Å². The number of pyridine rings is 1. The van der Waals surface area contributed by atoms with Crippen LogP contribution in [-0.4, -0.2) is 20.4 Å². The molecule has 0 aliphatic rings. The SMILES string of the molecule is C[n+]1cc2ccccc2c2nn(-c3cccc(C(F)(F)F)c3)c(O)c21.[OH-]. The normalized spacial score (nSPS) is 11.7. The second-order valence-corrected chi connectivity index (χ2v) is 5.81. The van der Waals surface area contributed by atoms with Crippen molar-refractivity contribution in [2.45, 2.75) is 6.18 Å². The van der Waals surface area contributed by atoms with Crippen LogP contribution in [-0.2, 0) is 13.2 Å². The van der Waals surface area contributed by atoms with Crippen LogP contribution >= 0.6 is 0 Å². The van der Waals surface area contributed by atoms with Crippen molar-refractivity contribution in [2.24, 2.45) is 7.05 Å². The molecule has 0 aliphatic carbocycles. The van der Waals surface area contributed by atoms with Crippen molar-refractivity contribution < 1.29 is 28.3 Å². The van der Waals surface area contributed by atoms with Gasteiger partial charge >= 0.3 is 6.18 Å². The lowest BCUT2D eigenvalue weighted by Gasteiger charge is -2.08. The molecule has 0 spiro atoms. The Morgan fingerprint density at radius 2 is 1.81 bits per heavy atom. The van der Waals surface area contributed by atoms with Crippen molar-refractivity contribution in [2.75, 3.05) is 0 Å². The first-order chi connectivity index (χ1) is 11.9. The highest BCUT2D eigenvalue weighted by molar-refractivity contribution is 6.02. The molecule has 2 N–H and O–H groups in total. The largest absolute Gasteiger partial charge is 0.870 e. The number of aryl methyl sites for hydroxylation is 1. The van der Waals surface area contributed by atoms with E-state index in [4.69, 9.17) is 0 Å². The summed E-state index contributed by atoms with van der Waals surface area (Å²) in [6.45, 7) is 0. The van der Waals surface area contributed by atoms with Gasteiger partial charge in [0.05, 0.1) is 11.3 Å². The predicted octanol–water partition coefficient (Wildman–Crippen LogP) is 3.55. The monoisotopic (exact) mass is 361 g/mol. The van der Waals surface area contributed by atoms with Crippen LogP contribution in [0.3, 0.4) is 0 Å². The van der Waals surface area contributed by atoms with Gasteiger partial charge in [-0.05, 0) is 24.3 Å². The molecule has 0 atom stereocenters. The third-order valence-electron chi connectivity index (χ3n) is 4.16. The molecule has 0 radical (unpaired) electrons. The maximum absolute atomic E-state index is 13.0. The van der Waals surface area contributed by atoms with Gasteiger partial charge in [0.25, 0.3) is 11.4 Å². The van der Waals surface area contributed by atoms with Gasteiger partial charge in [0.2, 0.25) is 0 Å². The molecule has 5 nitrogen and oxygen atoms in total. The third kappa shape index (κ3) is 2.64. The Balaban J connectivity index is 0.00000196. The summed E-state index contributed by atoms with van der Waals surface area (Å²) in [5.74, 6) is -0.206.